The predicted molar refractivity (Wildman–Crippen MR) is 119 cm³/mol. The van der Waals surface area contributed by atoms with E-state index >= 15 is 0 Å². The van der Waals surface area contributed by atoms with Crippen LogP contribution >= 0.6 is 0 Å². The lowest BCUT2D eigenvalue weighted by atomic mass is 9.91. The fourth-order valence-corrected chi connectivity index (χ4v) is 3.61. The smallest absolute Gasteiger partial charge is 0.0614 e. The van der Waals surface area contributed by atoms with Crippen molar-refractivity contribution < 1.29 is 5.11 Å². The Bertz CT molecular complexity index is 378. The summed E-state index contributed by atoms with van der Waals surface area (Å²) in [4.78, 5) is 0. The van der Waals surface area contributed by atoms with Crippen LogP contribution in [0, 0.1) is 17.8 Å². The quantitative estimate of drug-likeness (QED) is 0.274. The summed E-state index contributed by atoms with van der Waals surface area (Å²) in [7, 11) is 0. The Kier molecular flexibility index (Phi) is 16.2. The van der Waals surface area contributed by atoms with E-state index < -0.39 is 0 Å². The number of aliphatic hydroxyl groups is 1. The van der Waals surface area contributed by atoms with Gasteiger partial charge in [-0.2, -0.15) is 0 Å². The third-order valence-electron chi connectivity index (χ3n) is 5.61. The molecule has 0 amide bonds. The monoisotopic (exact) mass is 364 g/mol. The highest BCUT2D eigenvalue weighted by molar-refractivity contribution is 5.03. The summed E-state index contributed by atoms with van der Waals surface area (Å²) < 4.78 is 0. The minimum absolute atomic E-state index is 0.170. The molecule has 0 aliphatic heterocycles. The van der Waals surface area contributed by atoms with Crippen molar-refractivity contribution in [2.75, 3.05) is 6.61 Å². The Morgan fingerprint density at radius 2 is 1.19 bits per heavy atom. The van der Waals surface area contributed by atoms with E-state index in [1.54, 1.807) is 0 Å². The van der Waals surface area contributed by atoms with Crippen molar-refractivity contribution in [1.29, 1.82) is 0 Å². The molecule has 0 bridgehead atoms. The summed E-state index contributed by atoms with van der Waals surface area (Å²) in [5.74, 6) is 2.65. The van der Waals surface area contributed by atoms with Gasteiger partial charge in [-0.3, -0.25) is 0 Å². The van der Waals surface area contributed by atoms with Crippen LogP contribution in [0.3, 0.4) is 0 Å². The summed E-state index contributed by atoms with van der Waals surface area (Å²) in [5.41, 5.74) is 2.83. The van der Waals surface area contributed by atoms with Crippen LogP contribution < -0.4 is 0 Å². The molecule has 0 spiro atoms. The first-order chi connectivity index (χ1) is 12.3. The maximum Gasteiger partial charge on any atom is 0.0614 e. The zero-order valence-electron chi connectivity index (χ0n) is 18.8. The SMILES string of the molecule is C/C(=C/CO)CC/C=C(\C)CCC[C@@H](C)CCC[C@@H](C)CCCC(C)C. The fraction of sp³-hybridized carbons (Fsp3) is 0.840. The Labute approximate surface area is 165 Å². The molecule has 0 saturated carbocycles. The van der Waals surface area contributed by atoms with E-state index in [0.29, 0.717) is 0 Å². The van der Waals surface area contributed by atoms with Gasteiger partial charge < -0.3 is 5.11 Å². The van der Waals surface area contributed by atoms with Crippen LogP contribution in [0.1, 0.15) is 112 Å². The maximum absolute atomic E-state index is 8.87. The van der Waals surface area contributed by atoms with E-state index in [9.17, 15) is 0 Å². The summed E-state index contributed by atoms with van der Waals surface area (Å²) >= 11 is 0. The third-order valence-corrected chi connectivity index (χ3v) is 5.61. The van der Waals surface area contributed by atoms with E-state index in [4.69, 9.17) is 5.11 Å². The second-order valence-corrected chi connectivity index (χ2v) is 9.18. The molecule has 0 aromatic carbocycles. The molecule has 154 valence electrons. The normalized spacial score (nSPS) is 15.5. The van der Waals surface area contributed by atoms with Crippen molar-refractivity contribution in [2.24, 2.45) is 17.8 Å². The highest BCUT2D eigenvalue weighted by Crippen LogP contribution is 2.22. The van der Waals surface area contributed by atoms with Gasteiger partial charge >= 0.3 is 0 Å². The molecule has 26 heavy (non-hydrogen) atoms. The lowest BCUT2D eigenvalue weighted by Gasteiger charge is -2.15. The first-order valence-corrected chi connectivity index (χ1v) is 11.3. The summed E-state index contributed by atoms with van der Waals surface area (Å²) in [6.45, 7) is 14.1. The summed E-state index contributed by atoms with van der Waals surface area (Å²) in [6.07, 6.45) is 18.9. The first kappa shape index (κ1) is 25.4. The number of aliphatic hydroxyl groups excluding tert-OH is 1. The third kappa shape index (κ3) is 16.9. The second kappa shape index (κ2) is 16.6. The van der Waals surface area contributed by atoms with Gasteiger partial charge in [0, 0.05) is 0 Å². The van der Waals surface area contributed by atoms with Crippen molar-refractivity contribution in [3.63, 3.8) is 0 Å². The van der Waals surface area contributed by atoms with E-state index in [-0.39, 0.29) is 6.61 Å². The zero-order chi connectivity index (χ0) is 19.8. The molecule has 0 aromatic heterocycles. The van der Waals surface area contributed by atoms with Gasteiger partial charge in [0.05, 0.1) is 6.61 Å². The van der Waals surface area contributed by atoms with Crippen molar-refractivity contribution >= 4 is 0 Å². The number of rotatable bonds is 16. The molecule has 1 N–H and O–H groups in total. The van der Waals surface area contributed by atoms with E-state index in [2.05, 4.69) is 47.6 Å². The molecule has 0 fully saturated rings. The second-order valence-electron chi connectivity index (χ2n) is 9.18. The Hall–Kier alpha value is -0.560. The molecule has 0 saturated heterocycles. The standard InChI is InChI=1S/C25H48O/c1-21(2)11-7-12-22(3)13-8-14-23(4)15-9-16-24(5)17-10-18-25(6)19-20-26/h17,19,21-23,26H,7-16,18,20H2,1-6H3/b24-17+,25-19-/t22-,23-/m0/s1. The summed E-state index contributed by atoms with van der Waals surface area (Å²) in [6, 6.07) is 0. The van der Waals surface area contributed by atoms with Crippen molar-refractivity contribution in [2.45, 2.75) is 112 Å². The largest absolute Gasteiger partial charge is 0.392 e. The van der Waals surface area contributed by atoms with Crippen molar-refractivity contribution in [3.05, 3.63) is 23.3 Å². The lowest BCUT2D eigenvalue weighted by molar-refractivity contribution is 0.341. The lowest BCUT2D eigenvalue weighted by Crippen LogP contribution is -2.00. The average molecular weight is 365 g/mol. The van der Waals surface area contributed by atoms with Gasteiger partial charge in [0.25, 0.3) is 0 Å². The van der Waals surface area contributed by atoms with Crippen LogP contribution in [0.5, 0.6) is 0 Å². The van der Waals surface area contributed by atoms with Gasteiger partial charge in [-0.05, 0) is 57.3 Å². The van der Waals surface area contributed by atoms with Crippen LogP contribution in [-0.4, -0.2) is 11.7 Å². The highest BCUT2D eigenvalue weighted by Gasteiger charge is 2.06. The summed E-state index contributed by atoms with van der Waals surface area (Å²) in [5, 5.41) is 8.87. The molecular weight excluding hydrogens is 316 g/mol. The molecular formula is C25H48O. The molecule has 0 aromatic rings. The fourth-order valence-electron chi connectivity index (χ4n) is 3.61. The number of hydrogen-bond acceptors (Lipinski definition) is 1. The van der Waals surface area contributed by atoms with E-state index in [1.165, 1.54) is 68.9 Å². The Balaban J connectivity index is 3.69. The number of hydrogen-bond donors (Lipinski definition) is 1. The molecule has 0 unspecified atom stereocenters. The van der Waals surface area contributed by atoms with E-state index in [1.807, 2.05) is 6.08 Å². The molecule has 0 aliphatic carbocycles. The van der Waals surface area contributed by atoms with Crippen LogP contribution in [0.15, 0.2) is 23.3 Å². The molecule has 2 atom stereocenters. The van der Waals surface area contributed by atoms with Gasteiger partial charge in [-0.25, -0.2) is 0 Å². The molecule has 1 nitrogen and oxygen atoms in total. The Morgan fingerprint density at radius 3 is 1.73 bits per heavy atom. The van der Waals surface area contributed by atoms with Gasteiger partial charge in [0.15, 0.2) is 0 Å². The number of allylic oxidation sites excluding steroid dienone is 3. The molecule has 0 radical (unpaired) electrons. The highest BCUT2D eigenvalue weighted by atomic mass is 16.2. The van der Waals surface area contributed by atoms with Crippen LogP contribution in [0.25, 0.3) is 0 Å². The maximum atomic E-state index is 8.87. The molecule has 0 rings (SSSR count). The van der Waals surface area contributed by atoms with Gasteiger partial charge in [-0.15, -0.1) is 0 Å². The minimum Gasteiger partial charge on any atom is -0.392 e. The van der Waals surface area contributed by atoms with Crippen molar-refractivity contribution in [1.82, 2.24) is 0 Å². The van der Waals surface area contributed by atoms with Gasteiger partial charge in [0.2, 0.25) is 0 Å². The van der Waals surface area contributed by atoms with Crippen LogP contribution in [0.2, 0.25) is 0 Å². The first-order valence-electron chi connectivity index (χ1n) is 11.3. The molecule has 1 heteroatoms. The zero-order valence-corrected chi connectivity index (χ0v) is 18.8. The molecule has 0 heterocycles. The van der Waals surface area contributed by atoms with Crippen LogP contribution in [-0.2, 0) is 0 Å². The topological polar surface area (TPSA) is 20.2 Å². The van der Waals surface area contributed by atoms with Gasteiger partial charge in [0.1, 0.15) is 0 Å². The van der Waals surface area contributed by atoms with E-state index in [0.717, 1.165) is 30.6 Å². The van der Waals surface area contributed by atoms with Gasteiger partial charge in [-0.1, -0.05) is 95.9 Å². The molecule has 0 aliphatic rings. The predicted octanol–water partition coefficient (Wildman–Crippen LogP) is 8.09. The average Bonchev–Trinajstić information content (AvgIpc) is 2.54. The Morgan fingerprint density at radius 1 is 0.692 bits per heavy atom. The minimum atomic E-state index is 0.170. The van der Waals surface area contributed by atoms with Crippen molar-refractivity contribution in [3.8, 4) is 0 Å². The van der Waals surface area contributed by atoms with Crippen LogP contribution in [0.4, 0.5) is 0 Å².